The van der Waals surface area contributed by atoms with Crippen molar-refractivity contribution in [2.24, 2.45) is 0 Å². The van der Waals surface area contributed by atoms with Crippen LogP contribution in [0.5, 0.6) is 0 Å². The number of rotatable bonds is 2. The predicted molar refractivity (Wildman–Crippen MR) is 64.7 cm³/mol. The van der Waals surface area contributed by atoms with Crippen molar-refractivity contribution in [3.63, 3.8) is 0 Å². The highest BCUT2D eigenvalue weighted by Crippen LogP contribution is 2.12. The molecule has 1 aromatic heterocycles. The van der Waals surface area contributed by atoms with Crippen LogP contribution in [-0.2, 0) is 6.54 Å². The van der Waals surface area contributed by atoms with E-state index in [-0.39, 0.29) is 0 Å². The molecule has 82 valence electrons. The first-order valence-corrected chi connectivity index (χ1v) is 6.16. The molecule has 0 saturated carbocycles. The van der Waals surface area contributed by atoms with Gasteiger partial charge in [-0.2, -0.15) is 0 Å². The Morgan fingerprint density at radius 3 is 3.13 bits per heavy atom. The molecule has 0 bridgehead atoms. The van der Waals surface area contributed by atoms with E-state index in [9.17, 15) is 0 Å². The summed E-state index contributed by atoms with van der Waals surface area (Å²) in [6.45, 7) is 5.56. The lowest BCUT2D eigenvalue weighted by molar-refractivity contribution is 0.284. The molecule has 0 radical (unpaired) electrons. The summed E-state index contributed by atoms with van der Waals surface area (Å²) in [6, 6.07) is 2.14. The molecule has 0 spiro atoms. The maximum atomic E-state index is 4.18. The number of nitrogens with one attached hydrogen (secondary N) is 1. The molecule has 1 N–H and O–H groups in total. The molecule has 2 rings (SSSR count). The van der Waals surface area contributed by atoms with Crippen LogP contribution >= 0.6 is 15.9 Å². The van der Waals surface area contributed by atoms with Crippen LogP contribution in [0.15, 0.2) is 22.9 Å². The molecule has 1 aliphatic rings. The maximum Gasteiger partial charge on any atom is 0.0410 e. The smallest absolute Gasteiger partial charge is 0.0410 e. The number of hydrogen-bond donors (Lipinski definition) is 1. The van der Waals surface area contributed by atoms with E-state index in [0.29, 0.717) is 0 Å². The van der Waals surface area contributed by atoms with Crippen LogP contribution in [0.1, 0.15) is 12.0 Å². The maximum absolute atomic E-state index is 4.18. The van der Waals surface area contributed by atoms with Crippen molar-refractivity contribution in [1.82, 2.24) is 15.2 Å². The molecule has 1 fully saturated rings. The summed E-state index contributed by atoms with van der Waals surface area (Å²) in [5.41, 5.74) is 1.28. The summed E-state index contributed by atoms with van der Waals surface area (Å²) < 4.78 is 1.06. The van der Waals surface area contributed by atoms with Gasteiger partial charge in [-0.3, -0.25) is 9.88 Å². The second kappa shape index (κ2) is 5.58. The Kier molecular flexibility index (Phi) is 4.11. The normalized spacial score (nSPS) is 18.7. The third kappa shape index (κ3) is 3.55. The molecule has 2 heterocycles. The van der Waals surface area contributed by atoms with Gasteiger partial charge in [0.05, 0.1) is 0 Å². The van der Waals surface area contributed by atoms with Crippen LogP contribution in [0.3, 0.4) is 0 Å². The number of halogens is 1. The molecule has 0 atom stereocenters. The molecule has 1 saturated heterocycles. The summed E-state index contributed by atoms with van der Waals surface area (Å²) in [6.07, 6.45) is 5.01. The molecule has 0 aliphatic carbocycles. The predicted octanol–water partition coefficient (Wildman–Crippen LogP) is 1.64. The number of nitrogens with zero attached hydrogens (tertiary/aromatic N) is 2. The fourth-order valence-electron chi connectivity index (χ4n) is 1.86. The van der Waals surface area contributed by atoms with E-state index < -0.39 is 0 Å². The fraction of sp³-hybridized carbons (Fsp3) is 0.545. The third-order valence-electron chi connectivity index (χ3n) is 2.60. The molecule has 0 amide bonds. The Balaban J connectivity index is 1.95. The Labute approximate surface area is 99.0 Å². The van der Waals surface area contributed by atoms with Crippen LogP contribution < -0.4 is 5.32 Å². The minimum Gasteiger partial charge on any atom is -0.315 e. The molecule has 1 aliphatic heterocycles. The lowest BCUT2D eigenvalue weighted by Crippen LogP contribution is -2.27. The van der Waals surface area contributed by atoms with Crippen molar-refractivity contribution in [3.8, 4) is 0 Å². The molecule has 0 unspecified atom stereocenters. The molecule has 0 aromatic carbocycles. The molecular weight excluding hydrogens is 254 g/mol. The van der Waals surface area contributed by atoms with Gasteiger partial charge in [0.25, 0.3) is 0 Å². The molecule has 1 aromatic rings. The van der Waals surface area contributed by atoms with E-state index in [0.717, 1.165) is 30.7 Å². The van der Waals surface area contributed by atoms with Gasteiger partial charge in [-0.05, 0) is 47.1 Å². The zero-order chi connectivity index (χ0) is 10.5. The van der Waals surface area contributed by atoms with Crippen molar-refractivity contribution in [3.05, 3.63) is 28.5 Å². The Bertz CT molecular complexity index is 308. The summed E-state index contributed by atoms with van der Waals surface area (Å²) in [5, 5.41) is 3.41. The van der Waals surface area contributed by atoms with Crippen LogP contribution in [0.2, 0.25) is 0 Å². The second-order valence-electron chi connectivity index (χ2n) is 3.89. The van der Waals surface area contributed by atoms with Crippen molar-refractivity contribution >= 4 is 15.9 Å². The molecular formula is C11H16BrN3. The molecule has 15 heavy (non-hydrogen) atoms. The van der Waals surface area contributed by atoms with Crippen LogP contribution in [0.4, 0.5) is 0 Å². The lowest BCUT2D eigenvalue weighted by atomic mass is 10.2. The van der Waals surface area contributed by atoms with Gasteiger partial charge >= 0.3 is 0 Å². The van der Waals surface area contributed by atoms with Crippen molar-refractivity contribution < 1.29 is 0 Å². The topological polar surface area (TPSA) is 28.2 Å². The van der Waals surface area contributed by atoms with E-state index in [1.165, 1.54) is 18.5 Å². The fourth-order valence-corrected chi connectivity index (χ4v) is 2.27. The van der Waals surface area contributed by atoms with Gasteiger partial charge in [0.1, 0.15) is 0 Å². The average Bonchev–Trinajstić information content (AvgIpc) is 2.46. The standard InChI is InChI=1S/C11H16BrN3/c12-11-6-10(7-14-8-11)9-15-4-1-2-13-3-5-15/h6-8,13H,1-5,9H2. The largest absolute Gasteiger partial charge is 0.315 e. The first-order chi connectivity index (χ1) is 7.34. The van der Waals surface area contributed by atoms with E-state index in [4.69, 9.17) is 0 Å². The van der Waals surface area contributed by atoms with Crippen LogP contribution in [0.25, 0.3) is 0 Å². The minimum absolute atomic E-state index is 1.01. The van der Waals surface area contributed by atoms with Crippen molar-refractivity contribution in [2.45, 2.75) is 13.0 Å². The quantitative estimate of drug-likeness (QED) is 0.885. The lowest BCUT2D eigenvalue weighted by Gasteiger charge is -2.19. The summed E-state index contributed by atoms with van der Waals surface area (Å²) in [5.74, 6) is 0. The summed E-state index contributed by atoms with van der Waals surface area (Å²) in [4.78, 5) is 6.66. The van der Waals surface area contributed by atoms with Gasteiger partial charge in [-0.1, -0.05) is 0 Å². The van der Waals surface area contributed by atoms with Gasteiger partial charge in [0.15, 0.2) is 0 Å². The van der Waals surface area contributed by atoms with Gasteiger partial charge in [0, 0.05) is 36.5 Å². The summed E-state index contributed by atoms with van der Waals surface area (Å²) in [7, 11) is 0. The van der Waals surface area contributed by atoms with E-state index in [2.05, 4.69) is 37.2 Å². The number of hydrogen-bond acceptors (Lipinski definition) is 3. The first kappa shape index (κ1) is 11.0. The highest BCUT2D eigenvalue weighted by Gasteiger charge is 2.08. The highest BCUT2D eigenvalue weighted by atomic mass is 79.9. The first-order valence-electron chi connectivity index (χ1n) is 5.37. The number of pyridine rings is 1. The monoisotopic (exact) mass is 269 g/mol. The molecule has 4 heteroatoms. The second-order valence-corrected chi connectivity index (χ2v) is 4.81. The third-order valence-corrected chi connectivity index (χ3v) is 3.03. The van der Waals surface area contributed by atoms with Gasteiger partial charge in [0.2, 0.25) is 0 Å². The SMILES string of the molecule is Brc1cncc(CN2CCCNCC2)c1. The van der Waals surface area contributed by atoms with Gasteiger partial charge in [-0.25, -0.2) is 0 Å². The van der Waals surface area contributed by atoms with Crippen molar-refractivity contribution in [2.75, 3.05) is 26.2 Å². The zero-order valence-corrected chi connectivity index (χ0v) is 10.3. The highest BCUT2D eigenvalue weighted by molar-refractivity contribution is 9.10. The Hall–Kier alpha value is -0.450. The Morgan fingerprint density at radius 2 is 2.27 bits per heavy atom. The minimum atomic E-state index is 1.01. The van der Waals surface area contributed by atoms with E-state index in [1.807, 2.05) is 12.4 Å². The van der Waals surface area contributed by atoms with Crippen LogP contribution in [0, 0.1) is 0 Å². The average molecular weight is 270 g/mol. The zero-order valence-electron chi connectivity index (χ0n) is 8.75. The Morgan fingerprint density at radius 1 is 1.33 bits per heavy atom. The van der Waals surface area contributed by atoms with E-state index >= 15 is 0 Å². The van der Waals surface area contributed by atoms with Crippen molar-refractivity contribution in [1.29, 1.82) is 0 Å². The molecule has 3 nitrogen and oxygen atoms in total. The number of aromatic nitrogens is 1. The van der Waals surface area contributed by atoms with Gasteiger partial charge < -0.3 is 5.32 Å². The van der Waals surface area contributed by atoms with Crippen LogP contribution in [-0.4, -0.2) is 36.1 Å². The van der Waals surface area contributed by atoms with Gasteiger partial charge in [-0.15, -0.1) is 0 Å². The summed E-state index contributed by atoms with van der Waals surface area (Å²) >= 11 is 3.45. The van der Waals surface area contributed by atoms with E-state index in [1.54, 1.807) is 0 Å².